The third kappa shape index (κ3) is 13.9. The van der Waals surface area contributed by atoms with E-state index >= 15 is 0 Å². The van der Waals surface area contributed by atoms with Crippen LogP contribution in [-0.2, 0) is 44.4 Å². The number of aromatic nitrogens is 4. The standard InChI is InChI=1S/C53H85FN6O14S/c1-14-40-53(9,67)45(62)32(5)58(10)22-15-21-51(7,66)47(30(3)43(31(4)48(64)72-40)73-41-25-52(8,69-13)46(63)33(6)71-41)74-49-42(61)37(24-29(2)70-49)59(11)23-20-36-28-60(57-56-36)38(26-54)44(68-12)35-18-16-34(17-19-35)39-27-55-50(65)75-39/h16-19,27-33,37-38,40-47,49,61-63,66-67H,14-15,20-26H2,1-13H3,(H,55,65)/t29-,30+,31-,32-,33+,37+,38-,40-,41+,42-,43+,44-,45-,46+,47-,49+,51-,52-,53-/m1/s1. The first-order valence-electron chi connectivity index (χ1n) is 26.4. The number of cyclic esters (lactones) is 1. The van der Waals surface area contributed by atoms with Crippen LogP contribution < -0.4 is 4.87 Å². The molecule has 0 saturated carbocycles. The molecule has 3 saturated heterocycles. The SMILES string of the molecule is CC[C@H]1OC(=O)[C@H](C)[C@@H](O[C@H]2C[C@@](C)(OC)[C@@H](O)[C@H](C)O2)[C@H](C)[C@@H](O[C@@H]2O[C@H](C)C[C@H](N(C)CCc3cn([C@H](CF)[C@H](OC)c4ccc(-c5c[nH]c(=O)s5)cc4)nn3)[C@H]2O)[C@](C)(O)CCCN(C)[C@H](C)[C@@H](O)[C@]1(C)O. The summed E-state index contributed by atoms with van der Waals surface area (Å²) in [5, 5.41) is 68.1. The van der Waals surface area contributed by atoms with Crippen LogP contribution in [0.2, 0.25) is 0 Å². The van der Waals surface area contributed by atoms with Crippen LogP contribution in [0.15, 0.2) is 41.5 Å². The lowest BCUT2D eigenvalue weighted by atomic mass is 9.79. The Morgan fingerprint density at radius 2 is 1.71 bits per heavy atom. The lowest BCUT2D eigenvalue weighted by molar-refractivity contribution is -0.317. The summed E-state index contributed by atoms with van der Waals surface area (Å²) >= 11 is 1.10. The summed E-state index contributed by atoms with van der Waals surface area (Å²) in [4.78, 5) is 33.4. The fraction of sp³-hybridized carbons (Fsp3) is 0.774. The minimum Gasteiger partial charge on any atom is -0.459 e. The first-order valence-corrected chi connectivity index (χ1v) is 27.2. The summed E-state index contributed by atoms with van der Waals surface area (Å²) in [6.45, 7) is 15.4. The van der Waals surface area contributed by atoms with Crippen molar-refractivity contribution in [2.45, 2.75) is 203 Å². The van der Waals surface area contributed by atoms with E-state index in [4.69, 9.17) is 33.2 Å². The molecular formula is C53H85FN6O14S. The van der Waals surface area contributed by atoms with Crippen LogP contribution in [0.5, 0.6) is 0 Å². The van der Waals surface area contributed by atoms with E-state index in [0.717, 1.165) is 27.3 Å². The van der Waals surface area contributed by atoms with Crippen LogP contribution in [0, 0.1) is 11.8 Å². The normalized spacial score (nSPS) is 37.9. The van der Waals surface area contributed by atoms with Crippen LogP contribution in [0.3, 0.4) is 0 Å². The van der Waals surface area contributed by atoms with Crippen molar-refractivity contribution in [2.75, 3.05) is 48.1 Å². The highest BCUT2D eigenvalue weighted by atomic mass is 32.1. The number of halogens is 1. The molecule has 6 N–H and O–H groups in total. The number of aromatic amines is 1. The van der Waals surface area contributed by atoms with Gasteiger partial charge in [0, 0.05) is 64.0 Å². The Hall–Kier alpha value is -3.33. The highest BCUT2D eigenvalue weighted by molar-refractivity contribution is 7.12. The summed E-state index contributed by atoms with van der Waals surface area (Å²) in [5.74, 6) is -2.66. The number of likely N-dealkylation sites (N-methyl/N-ethyl adjacent to an activating group) is 2. The molecule has 20 nitrogen and oxygen atoms in total. The second kappa shape index (κ2) is 25.6. The Morgan fingerprint density at radius 3 is 2.32 bits per heavy atom. The van der Waals surface area contributed by atoms with E-state index in [0.29, 0.717) is 38.0 Å². The van der Waals surface area contributed by atoms with Crippen molar-refractivity contribution in [3.05, 3.63) is 57.6 Å². The first-order chi connectivity index (χ1) is 35.3. The minimum absolute atomic E-state index is 0.0809. The highest BCUT2D eigenvalue weighted by Gasteiger charge is 2.52. The van der Waals surface area contributed by atoms with Crippen molar-refractivity contribution in [3.63, 3.8) is 0 Å². The van der Waals surface area contributed by atoms with Crippen LogP contribution in [-0.4, -0.2) is 200 Å². The molecule has 19 atom stereocenters. The number of aliphatic hydroxyl groups excluding tert-OH is 3. The number of aliphatic hydroxyl groups is 5. The number of alkyl halides is 1. The molecule has 5 heterocycles. The zero-order valence-electron chi connectivity index (χ0n) is 46.0. The largest absolute Gasteiger partial charge is 0.459 e. The summed E-state index contributed by atoms with van der Waals surface area (Å²) in [7, 11) is 6.69. The minimum atomic E-state index is -1.85. The number of carbonyl (C=O) groups excluding carboxylic acids is 1. The Balaban J connectivity index is 1.24. The van der Waals surface area contributed by atoms with Crippen molar-refractivity contribution >= 4 is 17.3 Å². The van der Waals surface area contributed by atoms with Crippen LogP contribution in [0.4, 0.5) is 4.39 Å². The fourth-order valence-electron chi connectivity index (χ4n) is 11.3. The smallest absolute Gasteiger partial charge is 0.311 e. The Labute approximate surface area is 444 Å². The van der Waals surface area contributed by atoms with E-state index in [-0.39, 0.29) is 24.1 Å². The summed E-state index contributed by atoms with van der Waals surface area (Å²) in [5.41, 5.74) is -2.41. The quantitative estimate of drug-likeness (QED) is 0.110. The number of H-pyrrole nitrogens is 1. The van der Waals surface area contributed by atoms with Gasteiger partial charge in [-0.25, -0.2) is 9.07 Å². The molecule has 424 valence electrons. The zero-order valence-corrected chi connectivity index (χ0v) is 46.8. The molecule has 1 aromatic carbocycles. The average molecular weight is 1080 g/mol. The molecule has 6 rings (SSSR count). The van der Waals surface area contributed by atoms with Gasteiger partial charge in [0.15, 0.2) is 12.6 Å². The number of benzene rings is 1. The van der Waals surface area contributed by atoms with Gasteiger partial charge >= 0.3 is 10.8 Å². The van der Waals surface area contributed by atoms with Gasteiger partial charge in [-0.15, -0.1) is 5.10 Å². The molecule has 22 heteroatoms. The van der Waals surface area contributed by atoms with Crippen molar-refractivity contribution in [2.24, 2.45) is 11.8 Å². The molecule has 0 bridgehead atoms. The number of nitrogens with zero attached hydrogens (tertiary/aromatic N) is 5. The van der Waals surface area contributed by atoms with Gasteiger partial charge in [-0.1, -0.05) is 54.7 Å². The number of ether oxygens (including phenoxy) is 7. The Morgan fingerprint density at radius 1 is 1.01 bits per heavy atom. The maximum atomic E-state index is 14.9. The molecule has 0 spiro atoms. The number of hydrogen-bond donors (Lipinski definition) is 6. The van der Waals surface area contributed by atoms with E-state index in [1.54, 1.807) is 60.9 Å². The molecule has 75 heavy (non-hydrogen) atoms. The number of methoxy groups -OCH3 is 2. The number of hydrogen-bond acceptors (Lipinski definition) is 19. The number of esters is 1. The Kier molecular flexibility index (Phi) is 20.8. The van der Waals surface area contributed by atoms with Crippen molar-refractivity contribution in [1.82, 2.24) is 29.8 Å². The molecule has 3 aromatic rings. The van der Waals surface area contributed by atoms with Crippen molar-refractivity contribution < 1.29 is 67.9 Å². The molecular weight excluding hydrogens is 996 g/mol. The number of thiazole rings is 1. The van der Waals surface area contributed by atoms with Gasteiger partial charge in [0.2, 0.25) is 0 Å². The monoisotopic (exact) mass is 1080 g/mol. The first kappa shape index (κ1) is 60.9. The molecule has 0 unspecified atom stereocenters. The Bertz CT molecular complexity index is 2320. The zero-order chi connectivity index (χ0) is 55.3. The number of carbonyl (C=O) groups is 1. The summed E-state index contributed by atoms with van der Waals surface area (Å²) in [6, 6.07) is 5.49. The van der Waals surface area contributed by atoms with E-state index < -0.39 is 127 Å². The van der Waals surface area contributed by atoms with Crippen molar-refractivity contribution in [3.8, 4) is 10.4 Å². The molecule has 0 radical (unpaired) electrons. The van der Waals surface area contributed by atoms with E-state index in [1.807, 2.05) is 55.1 Å². The maximum absolute atomic E-state index is 14.9. The summed E-state index contributed by atoms with van der Waals surface area (Å²) < 4.78 is 60.3. The van der Waals surface area contributed by atoms with Crippen molar-refractivity contribution in [1.29, 1.82) is 0 Å². The molecule has 3 aliphatic heterocycles. The predicted octanol–water partition coefficient (Wildman–Crippen LogP) is 4.17. The highest BCUT2D eigenvalue weighted by Crippen LogP contribution is 2.40. The topological polar surface area (TPSA) is 253 Å². The third-order valence-corrected chi connectivity index (χ3v) is 17.2. The van der Waals surface area contributed by atoms with Crippen LogP contribution in [0.1, 0.15) is 118 Å². The molecule has 3 aliphatic rings. The fourth-order valence-corrected chi connectivity index (χ4v) is 12.0. The molecule has 0 aliphatic carbocycles. The van der Waals surface area contributed by atoms with Gasteiger partial charge in [-0.3, -0.25) is 9.59 Å². The number of rotatable bonds is 16. The van der Waals surface area contributed by atoms with E-state index in [1.165, 1.54) is 25.8 Å². The van der Waals surface area contributed by atoms with Gasteiger partial charge in [0.25, 0.3) is 0 Å². The third-order valence-electron chi connectivity index (χ3n) is 16.4. The van der Waals surface area contributed by atoms with Gasteiger partial charge in [0.1, 0.15) is 48.8 Å². The van der Waals surface area contributed by atoms with E-state index in [2.05, 4.69) is 15.3 Å². The predicted molar refractivity (Wildman–Crippen MR) is 277 cm³/mol. The van der Waals surface area contributed by atoms with Crippen LogP contribution in [0.25, 0.3) is 10.4 Å². The lowest BCUT2D eigenvalue weighted by Gasteiger charge is -2.48. The molecule has 3 fully saturated rings. The summed E-state index contributed by atoms with van der Waals surface area (Å²) in [6.07, 6.45) is -6.01. The van der Waals surface area contributed by atoms with Crippen LogP contribution >= 0.6 is 11.3 Å². The lowest BCUT2D eigenvalue weighted by Crippen LogP contribution is -2.60. The van der Waals surface area contributed by atoms with E-state index in [9.17, 15) is 39.5 Å². The van der Waals surface area contributed by atoms with Gasteiger partial charge in [-0.2, -0.15) is 0 Å². The van der Waals surface area contributed by atoms with Gasteiger partial charge < -0.3 is 73.5 Å². The van der Waals surface area contributed by atoms with Gasteiger partial charge in [0.05, 0.1) is 52.1 Å². The second-order valence-electron chi connectivity index (χ2n) is 22.0. The molecule has 2 aromatic heterocycles. The second-order valence-corrected chi connectivity index (χ2v) is 23.0. The maximum Gasteiger partial charge on any atom is 0.311 e. The average Bonchev–Trinajstić information content (AvgIpc) is 4.05. The molecule has 0 amide bonds. The number of nitrogens with one attached hydrogen (secondary N) is 1. The van der Waals surface area contributed by atoms with Gasteiger partial charge in [-0.05, 0) is 106 Å².